The van der Waals surface area contributed by atoms with E-state index in [1.54, 1.807) is 30.3 Å². The Morgan fingerprint density at radius 2 is 1.68 bits per heavy atom. The molecule has 0 atom stereocenters. The monoisotopic (exact) mass is 475 g/mol. The van der Waals surface area contributed by atoms with E-state index in [9.17, 15) is 10.2 Å². The first-order chi connectivity index (χ1) is 16.6. The Labute approximate surface area is 203 Å². The summed E-state index contributed by atoms with van der Waals surface area (Å²) in [4.78, 5) is 5.28. The molecular formula is C28H29NO4S. The van der Waals surface area contributed by atoms with Gasteiger partial charge < -0.3 is 19.7 Å². The molecule has 0 spiro atoms. The van der Waals surface area contributed by atoms with Crippen LogP contribution in [0.25, 0.3) is 20.5 Å². The van der Waals surface area contributed by atoms with Crippen molar-refractivity contribution < 1.29 is 19.7 Å². The van der Waals surface area contributed by atoms with E-state index >= 15 is 0 Å². The van der Waals surface area contributed by atoms with Crippen molar-refractivity contribution in [1.29, 1.82) is 0 Å². The van der Waals surface area contributed by atoms with Crippen LogP contribution in [0.1, 0.15) is 32.6 Å². The first-order valence-electron chi connectivity index (χ1n) is 11.6. The van der Waals surface area contributed by atoms with Crippen molar-refractivity contribution in [3.8, 4) is 39.2 Å². The standard InChI is InChI=1S/C28H29NO4S/c1-2-3-4-5-15-29-16-17-32-23-10-12-24(13-11-23)33-27-25-14-9-22(31)19-26(25)34-28(27)20-7-6-8-21(30)18-20/h6-14,16,18-19,30-31H,2-5,15,17H2,1H3. The fourth-order valence-electron chi connectivity index (χ4n) is 3.63. The summed E-state index contributed by atoms with van der Waals surface area (Å²) in [7, 11) is 0. The van der Waals surface area contributed by atoms with E-state index in [0.29, 0.717) is 18.1 Å². The molecule has 4 rings (SSSR count). The number of hydrogen-bond acceptors (Lipinski definition) is 6. The van der Waals surface area contributed by atoms with Gasteiger partial charge in [0.25, 0.3) is 0 Å². The van der Waals surface area contributed by atoms with Crippen LogP contribution in [0.2, 0.25) is 0 Å². The molecule has 176 valence electrons. The summed E-state index contributed by atoms with van der Waals surface area (Å²) < 4.78 is 13.0. The highest BCUT2D eigenvalue weighted by molar-refractivity contribution is 7.22. The van der Waals surface area contributed by atoms with Crippen LogP contribution in [0.4, 0.5) is 0 Å². The zero-order chi connectivity index (χ0) is 23.8. The maximum absolute atomic E-state index is 9.96. The number of benzene rings is 3. The maximum Gasteiger partial charge on any atom is 0.153 e. The highest BCUT2D eigenvalue weighted by atomic mass is 32.1. The predicted octanol–water partition coefficient (Wildman–Crippen LogP) is 7.80. The summed E-state index contributed by atoms with van der Waals surface area (Å²) in [6, 6.07) is 19.8. The lowest BCUT2D eigenvalue weighted by atomic mass is 10.1. The van der Waals surface area contributed by atoms with Gasteiger partial charge in [0.05, 0.1) is 4.88 Å². The number of ether oxygens (including phenoxy) is 2. The largest absolute Gasteiger partial charge is 0.508 e. The predicted molar refractivity (Wildman–Crippen MR) is 140 cm³/mol. The molecule has 6 heteroatoms. The molecule has 1 heterocycles. The van der Waals surface area contributed by atoms with Crippen LogP contribution in [-0.4, -0.2) is 29.6 Å². The Bertz CT molecular complexity index is 1250. The van der Waals surface area contributed by atoms with Gasteiger partial charge in [-0.1, -0.05) is 38.3 Å². The summed E-state index contributed by atoms with van der Waals surface area (Å²) in [5.41, 5.74) is 0.852. The molecule has 0 fully saturated rings. The third kappa shape index (κ3) is 6.08. The second-order valence-electron chi connectivity index (χ2n) is 8.02. The smallest absolute Gasteiger partial charge is 0.153 e. The Morgan fingerprint density at radius 3 is 2.47 bits per heavy atom. The first-order valence-corrected chi connectivity index (χ1v) is 12.4. The van der Waals surface area contributed by atoms with Crippen molar-refractivity contribution in [3.05, 3.63) is 66.7 Å². The molecule has 0 aliphatic heterocycles. The molecule has 5 nitrogen and oxygen atoms in total. The van der Waals surface area contributed by atoms with Crippen LogP contribution in [0.15, 0.2) is 71.7 Å². The van der Waals surface area contributed by atoms with Gasteiger partial charge in [-0.05, 0) is 66.6 Å². The quantitative estimate of drug-likeness (QED) is 0.171. The molecule has 3 aromatic carbocycles. The second kappa shape index (κ2) is 11.6. The van der Waals surface area contributed by atoms with E-state index in [0.717, 1.165) is 39.2 Å². The van der Waals surface area contributed by atoms with Crippen LogP contribution in [0.5, 0.6) is 28.7 Å². The summed E-state index contributed by atoms with van der Waals surface area (Å²) in [5, 5.41) is 20.8. The van der Waals surface area contributed by atoms with E-state index in [2.05, 4.69) is 11.9 Å². The van der Waals surface area contributed by atoms with Gasteiger partial charge >= 0.3 is 0 Å². The van der Waals surface area contributed by atoms with Gasteiger partial charge in [0.2, 0.25) is 0 Å². The van der Waals surface area contributed by atoms with Crippen LogP contribution in [0.3, 0.4) is 0 Å². The molecule has 2 N–H and O–H groups in total. The number of phenols is 2. The van der Waals surface area contributed by atoms with E-state index < -0.39 is 0 Å². The Kier molecular flexibility index (Phi) is 8.04. The van der Waals surface area contributed by atoms with Gasteiger partial charge in [-0.15, -0.1) is 11.3 Å². The molecule has 0 amide bonds. The molecule has 34 heavy (non-hydrogen) atoms. The molecule has 0 unspecified atom stereocenters. The zero-order valence-corrected chi connectivity index (χ0v) is 20.1. The highest BCUT2D eigenvalue weighted by Gasteiger charge is 2.17. The molecule has 0 aliphatic rings. The number of fused-ring (bicyclic) bond motifs is 1. The summed E-state index contributed by atoms with van der Waals surface area (Å²) in [6.45, 7) is 3.49. The molecule has 4 aromatic rings. The third-order valence-corrected chi connectivity index (χ3v) is 6.56. The molecule has 0 saturated carbocycles. The normalized spacial score (nSPS) is 11.3. The molecule has 0 bridgehead atoms. The molecule has 0 radical (unpaired) electrons. The number of thiophene rings is 1. The van der Waals surface area contributed by atoms with Gasteiger partial charge in [0.15, 0.2) is 5.75 Å². The van der Waals surface area contributed by atoms with Crippen LogP contribution in [0, 0.1) is 0 Å². The van der Waals surface area contributed by atoms with Crippen molar-refractivity contribution in [1.82, 2.24) is 0 Å². The number of hydrogen-bond donors (Lipinski definition) is 2. The van der Waals surface area contributed by atoms with E-state index in [4.69, 9.17) is 9.47 Å². The Hall–Kier alpha value is -3.51. The minimum atomic E-state index is 0.190. The number of phenolic OH excluding ortho intramolecular Hbond substituents is 2. The van der Waals surface area contributed by atoms with Gasteiger partial charge in [-0.3, -0.25) is 4.99 Å². The second-order valence-corrected chi connectivity index (χ2v) is 9.08. The van der Waals surface area contributed by atoms with E-state index in [-0.39, 0.29) is 11.5 Å². The summed E-state index contributed by atoms with van der Waals surface area (Å²) in [5.74, 6) is 2.50. The molecule has 0 aliphatic carbocycles. The lowest BCUT2D eigenvalue weighted by Crippen LogP contribution is -1.99. The topological polar surface area (TPSA) is 71.3 Å². The average molecular weight is 476 g/mol. The molecule has 1 aromatic heterocycles. The van der Waals surface area contributed by atoms with Crippen LogP contribution >= 0.6 is 11.3 Å². The zero-order valence-electron chi connectivity index (χ0n) is 19.2. The van der Waals surface area contributed by atoms with Gasteiger partial charge in [0, 0.05) is 22.8 Å². The number of unbranched alkanes of at least 4 members (excludes halogenated alkanes) is 3. The fraction of sp³-hybridized carbons (Fsp3) is 0.250. The summed E-state index contributed by atoms with van der Waals surface area (Å²) >= 11 is 1.51. The van der Waals surface area contributed by atoms with Crippen LogP contribution in [-0.2, 0) is 0 Å². The van der Waals surface area contributed by atoms with Crippen molar-refractivity contribution in [2.75, 3.05) is 13.2 Å². The van der Waals surface area contributed by atoms with Gasteiger partial charge in [-0.2, -0.15) is 0 Å². The molecule has 0 saturated heterocycles. The lowest BCUT2D eigenvalue weighted by molar-refractivity contribution is 0.379. The summed E-state index contributed by atoms with van der Waals surface area (Å²) in [6.07, 6.45) is 6.67. The first kappa shape index (κ1) is 23.6. The SMILES string of the molecule is CCCCCCN=CCOc1ccc(Oc2c(-c3cccc(O)c3)sc3cc(O)ccc23)cc1. The third-order valence-electron chi connectivity index (χ3n) is 5.37. The van der Waals surface area contributed by atoms with Crippen LogP contribution < -0.4 is 9.47 Å². The van der Waals surface area contributed by atoms with E-state index in [1.165, 1.54) is 30.6 Å². The highest BCUT2D eigenvalue weighted by Crippen LogP contribution is 2.47. The van der Waals surface area contributed by atoms with Gasteiger partial charge in [-0.25, -0.2) is 0 Å². The minimum Gasteiger partial charge on any atom is -0.508 e. The number of aliphatic imine (C=N–C) groups is 1. The van der Waals surface area contributed by atoms with Crippen molar-refractivity contribution in [2.45, 2.75) is 32.6 Å². The van der Waals surface area contributed by atoms with Gasteiger partial charge in [0.1, 0.15) is 29.6 Å². The maximum atomic E-state index is 9.96. The average Bonchev–Trinajstić information content (AvgIpc) is 3.19. The lowest BCUT2D eigenvalue weighted by Gasteiger charge is -2.10. The van der Waals surface area contributed by atoms with E-state index in [1.807, 2.05) is 42.6 Å². The Balaban J connectivity index is 1.46. The number of aromatic hydroxyl groups is 2. The van der Waals surface area contributed by atoms with Crippen molar-refractivity contribution in [3.63, 3.8) is 0 Å². The Morgan fingerprint density at radius 1 is 0.882 bits per heavy atom. The minimum absolute atomic E-state index is 0.190. The number of nitrogens with zero attached hydrogens (tertiary/aromatic N) is 1. The fourth-order valence-corrected chi connectivity index (χ4v) is 4.79. The molecular weight excluding hydrogens is 446 g/mol. The van der Waals surface area contributed by atoms with Crippen molar-refractivity contribution in [2.24, 2.45) is 4.99 Å². The van der Waals surface area contributed by atoms with Crippen molar-refractivity contribution >= 4 is 27.6 Å². The number of rotatable bonds is 11.